The normalized spacial score (nSPS) is 10.3. The minimum Gasteiger partial charge on any atom is -0.478 e. The lowest BCUT2D eigenvalue weighted by Gasteiger charge is -2.03. The van der Waals surface area contributed by atoms with Gasteiger partial charge in [0.25, 0.3) is 5.91 Å². The van der Waals surface area contributed by atoms with E-state index in [0.29, 0.717) is 0 Å². The van der Waals surface area contributed by atoms with Gasteiger partial charge in [0, 0.05) is 12.4 Å². The molecule has 0 bridgehead atoms. The number of carbonyl (C=O) groups excluding carboxylic acids is 1. The van der Waals surface area contributed by atoms with E-state index in [0.717, 1.165) is 0 Å². The van der Waals surface area contributed by atoms with Crippen LogP contribution in [0, 0.1) is 0 Å². The first-order valence-electron chi connectivity index (χ1n) is 4.72. The van der Waals surface area contributed by atoms with Crippen molar-refractivity contribution in [1.82, 2.24) is 14.8 Å². The third kappa shape index (κ3) is 2.16. The van der Waals surface area contributed by atoms with Gasteiger partial charge in [-0.1, -0.05) is 11.6 Å². The van der Waals surface area contributed by atoms with Crippen molar-refractivity contribution < 1.29 is 14.7 Å². The SMILES string of the molecule is NC(=O)c1cnn(-c2cc(C(=O)O)c(Cl)cn2)c1. The van der Waals surface area contributed by atoms with Crippen molar-refractivity contribution in [3.05, 3.63) is 40.8 Å². The number of primary amides is 1. The number of aromatic nitrogens is 3. The second-order valence-corrected chi connectivity index (χ2v) is 3.77. The Hall–Kier alpha value is -2.41. The third-order valence-electron chi connectivity index (χ3n) is 2.17. The van der Waals surface area contributed by atoms with Crippen molar-refractivity contribution in [2.75, 3.05) is 0 Å². The second-order valence-electron chi connectivity index (χ2n) is 3.37. The molecule has 3 N–H and O–H groups in total. The fraction of sp³-hybridized carbons (Fsp3) is 0. The van der Waals surface area contributed by atoms with Crippen LogP contribution in [-0.4, -0.2) is 31.7 Å². The molecule has 0 aliphatic heterocycles. The maximum absolute atomic E-state index is 10.9. The maximum Gasteiger partial charge on any atom is 0.337 e. The standard InChI is InChI=1S/C10H7ClN4O3/c11-7-3-13-8(1-6(7)10(17)18)15-4-5(2-14-15)9(12)16/h1-4H,(H2,12,16)(H,17,18). The molecule has 18 heavy (non-hydrogen) atoms. The van der Waals surface area contributed by atoms with E-state index in [1.807, 2.05) is 0 Å². The number of hydrogen-bond donors (Lipinski definition) is 2. The van der Waals surface area contributed by atoms with Crippen LogP contribution in [0.15, 0.2) is 24.7 Å². The number of nitrogens with zero attached hydrogens (tertiary/aromatic N) is 3. The number of carboxylic acids is 1. The van der Waals surface area contributed by atoms with Crippen molar-refractivity contribution in [3.8, 4) is 5.82 Å². The lowest BCUT2D eigenvalue weighted by molar-refractivity contribution is 0.0696. The molecule has 0 aromatic carbocycles. The Morgan fingerprint density at radius 1 is 1.39 bits per heavy atom. The van der Waals surface area contributed by atoms with Crippen molar-refractivity contribution >= 4 is 23.5 Å². The summed E-state index contributed by atoms with van der Waals surface area (Å²) in [7, 11) is 0. The molecule has 2 rings (SSSR count). The summed E-state index contributed by atoms with van der Waals surface area (Å²) >= 11 is 5.69. The van der Waals surface area contributed by atoms with Gasteiger partial charge in [-0.15, -0.1) is 0 Å². The molecule has 0 saturated carbocycles. The van der Waals surface area contributed by atoms with E-state index < -0.39 is 11.9 Å². The van der Waals surface area contributed by atoms with Crippen LogP contribution in [0.25, 0.3) is 5.82 Å². The molecule has 0 radical (unpaired) electrons. The highest BCUT2D eigenvalue weighted by molar-refractivity contribution is 6.33. The zero-order valence-corrected chi connectivity index (χ0v) is 9.63. The Kier molecular flexibility index (Phi) is 2.99. The molecule has 2 aromatic heterocycles. The van der Waals surface area contributed by atoms with Gasteiger partial charge in [0.15, 0.2) is 5.82 Å². The quantitative estimate of drug-likeness (QED) is 0.850. The monoisotopic (exact) mass is 266 g/mol. The molecule has 8 heteroatoms. The highest BCUT2D eigenvalue weighted by Gasteiger charge is 2.12. The van der Waals surface area contributed by atoms with Crippen LogP contribution >= 0.6 is 11.6 Å². The Morgan fingerprint density at radius 2 is 2.11 bits per heavy atom. The largest absolute Gasteiger partial charge is 0.478 e. The van der Waals surface area contributed by atoms with E-state index in [4.69, 9.17) is 22.4 Å². The van der Waals surface area contributed by atoms with Crippen LogP contribution in [0.5, 0.6) is 0 Å². The van der Waals surface area contributed by atoms with Gasteiger partial charge in [0.05, 0.1) is 22.3 Å². The predicted octanol–water partition coefficient (Wildman–Crippen LogP) is 0.718. The van der Waals surface area contributed by atoms with Gasteiger partial charge >= 0.3 is 5.97 Å². The Balaban J connectivity index is 2.47. The summed E-state index contributed by atoms with van der Waals surface area (Å²) in [5.41, 5.74) is 5.18. The van der Waals surface area contributed by atoms with Gasteiger partial charge in [-0.25, -0.2) is 14.5 Å². The first-order valence-corrected chi connectivity index (χ1v) is 5.10. The average Bonchev–Trinajstić information content (AvgIpc) is 2.78. The van der Waals surface area contributed by atoms with Crippen molar-refractivity contribution in [2.24, 2.45) is 5.73 Å². The van der Waals surface area contributed by atoms with Crippen LogP contribution in [0.2, 0.25) is 5.02 Å². The van der Waals surface area contributed by atoms with E-state index in [9.17, 15) is 9.59 Å². The van der Waals surface area contributed by atoms with Crippen LogP contribution in [0.1, 0.15) is 20.7 Å². The summed E-state index contributed by atoms with van der Waals surface area (Å²) < 4.78 is 1.24. The first-order chi connectivity index (χ1) is 8.49. The molecule has 7 nitrogen and oxygen atoms in total. The second kappa shape index (κ2) is 4.46. The highest BCUT2D eigenvalue weighted by Crippen LogP contribution is 2.17. The van der Waals surface area contributed by atoms with Gasteiger partial charge in [-0.3, -0.25) is 4.79 Å². The van der Waals surface area contributed by atoms with Crippen LogP contribution in [0.4, 0.5) is 0 Å². The van der Waals surface area contributed by atoms with E-state index in [1.165, 1.54) is 29.3 Å². The molecule has 0 spiro atoms. The van der Waals surface area contributed by atoms with Crippen LogP contribution in [-0.2, 0) is 0 Å². The molecule has 0 aliphatic rings. The van der Waals surface area contributed by atoms with Crippen molar-refractivity contribution in [1.29, 1.82) is 0 Å². The van der Waals surface area contributed by atoms with E-state index in [2.05, 4.69) is 10.1 Å². The Morgan fingerprint density at radius 3 is 2.67 bits per heavy atom. The van der Waals surface area contributed by atoms with Crippen molar-refractivity contribution in [3.63, 3.8) is 0 Å². The minimum absolute atomic E-state index is 0.0218. The summed E-state index contributed by atoms with van der Waals surface area (Å²) in [6.45, 7) is 0. The van der Waals surface area contributed by atoms with E-state index >= 15 is 0 Å². The number of carboxylic acid groups (broad SMARTS) is 1. The van der Waals surface area contributed by atoms with Crippen molar-refractivity contribution in [2.45, 2.75) is 0 Å². The van der Waals surface area contributed by atoms with Crippen LogP contribution < -0.4 is 5.73 Å². The number of aromatic carboxylic acids is 1. The summed E-state index contributed by atoms with van der Waals surface area (Å²) in [4.78, 5) is 25.7. The summed E-state index contributed by atoms with van der Waals surface area (Å²) in [5.74, 6) is -1.58. The minimum atomic E-state index is -1.18. The fourth-order valence-electron chi connectivity index (χ4n) is 1.29. The van der Waals surface area contributed by atoms with Crippen LogP contribution in [0.3, 0.4) is 0 Å². The van der Waals surface area contributed by atoms with Gasteiger partial charge in [0.2, 0.25) is 0 Å². The van der Waals surface area contributed by atoms with Gasteiger partial charge in [0.1, 0.15) is 0 Å². The average molecular weight is 267 g/mol. The van der Waals surface area contributed by atoms with Gasteiger partial charge < -0.3 is 10.8 Å². The molecule has 0 atom stereocenters. The lowest BCUT2D eigenvalue weighted by atomic mass is 10.2. The molecular formula is C10H7ClN4O3. The molecule has 92 valence electrons. The smallest absolute Gasteiger partial charge is 0.337 e. The number of carbonyl (C=O) groups is 2. The molecular weight excluding hydrogens is 260 g/mol. The summed E-state index contributed by atoms with van der Waals surface area (Å²) in [6.07, 6.45) is 3.81. The molecule has 0 unspecified atom stereocenters. The highest BCUT2D eigenvalue weighted by atomic mass is 35.5. The topological polar surface area (TPSA) is 111 Å². The number of hydrogen-bond acceptors (Lipinski definition) is 4. The number of rotatable bonds is 3. The summed E-state index contributed by atoms with van der Waals surface area (Å²) in [6, 6.07) is 1.25. The van der Waals surface area contributed by atoms with Gasteiger partial charge in [-0.05, 0) is 6.07 Å². The Labute approximate surface area is 106 Å². The van der Waals surface area contributed by atoms with Gasteiger partial charge in [-0.2, -0.15) is 5.10 Å². The number of amides is 1. The number of nitrogens with two attached hydrogens (primary N) is 1. The zero-order chi connectivity index (χ0) is 13.3. The number of halogens is 1. The zero-order valence-electron chi connectivity index (χ0n) is 8.87. The fourth-order valence-corrected chi connectivity index (χ4v) is 1.48. The molecule has 1 amide bonds. The number of pyridine rings is 1. The Bertz CT molecular complexity index is 638. The molecule has 0 saturated heterocycles. The third-order valence-corrected chi connectivity index (χ3v) is 2.47. The maximum atomic E-state index is 10.9. The molecule has 0 fully saturated rings. The summed E-state index contributed by atoms with van der Waals surface area (Å²) in [5, 5.41) is 12.8. The van der Waals surface area contributed by atoms with E-state index in [1.54, 1.807) is 0 Å². The van der Waals surface area contributed by atoms with E-state index in [-0.39, 0.29) is 22.0 Å². The first kappa shape index (κ1) is 12.1. The molecule has 0 aliphatic carbocycles. The predicted molar refractivity (Wildman–Crippen MR) is 61.8 cm³/mol. The lowest BCUT2D eigenvalue weighted by Crippen LogP contribution is -2.09. The molecule has 2 heterocycles. The molecule has 2 aromatic rings.